The molecule has 192 valence electrons. The number of aliphatic hydroxyl groups is 1. The summed E-state index contributed by atoms with van der Waals surface area (Å²) in [5.74, 6) is 0.0475. The largest absolute Gasteiger partial charge is 0.507 e. The van der Waals surface area contributed by atoms with Crippen molar-refractivity contribution in [3.63, 3.8) is 0 Å². The molecule has 7 nitrogen and oxygen atoms in total. The van der Waals surface area contributed by atoms with Crippen molar-refractivity contribution >= 4 is 17.4 Å². The van der Waals surface area contributed by atoms with Gasteiger partial charge in [-0.3, -0.25) is 9.59 Å². The van der Waals surface area contributed by atoms with Crippen LogP contribution in [0.1, 0.15) is 56.8 Å². The van der Waals surface area contributed by atoms with Crippen molar-refractivity contribution in [3.05, 3.63) is 64.7 Å². The monoisotopic (exact) mass is 492 g/mol. The number of ketones is 1. The molecule has 0 unspecified atom stereocenters. The molecular weight excluding hydrogens is 456 g/mol. The van der Waals surface area contributed by atoms with Crippen molar-refractivity contribution in [1.29, 1.82) is 0 Å². The summed E-state index contributed by atoms with van der Waals surface area (Å²) >= 11 is 0. The summed E-state index contributed by atoms with van der Waals surface area (Å²) in [6.07, 6.45) is 1.52. The van der Waals surface area contributed by atoms with E-state index in [-0.39, 0.29) is 17.4 Å². The van der Waals surface area contributed by atoms with Crippen LogP contribution >= 0.6 is 0 Å². The molecular formula is C29H36N2O5. The van der Waals surface area contributed by atoms with Crippen LogP contribution in [-0.4, -0.2) is 65.5 Å². The first kappa shape index (κ1) is 25.8. The molecule has 2 aliphatic rings. The lowest BCUT2D eigenvalue weighted by atomic mass is 9.94. The van der Waals surface area contributed by atoms with Crippen LogP contribution in [0.5, 0.6) is 11.5 Å². The molecule has 1 saturated heterocycles. The highest BCUT2D eigenvalue weighted by atomic mass is 16.5. The molecule has 2 aromatic rings. The Kier molecular flexibility index (Phi) is 7.99. The van der Waals surface area contributed by atoms with Crippen molar-refractivity contribution in [2.75, 3.05) is 32.8 Å². The molecule has 0 aromatic heterocycles. The summed E-state index contributed by atoms with van der Waals surface area (Å²) in [6.45, 7) is 11.7. The van der Waals surface area contributed by atoms with Gasteiger partial charge in [-0.2, -0.15) is 0 Å². The minimum atomic E-state index is -0.689. The SMILES string of the molecule is CCOc1cccc([C@H]2C(=C(O)c3ccc4c(c3)C[C@H](C)O4)C(=O)C(=O)N2CCCN(CC)CC)c1. The van der Waals surface area contributed by atoms with Crippen LogP contribution < -0.4 is 9.47 Å². The number of hydrogen-bond donors (Lipinski definition) is 1. The third-order valence-electron chi connectivity index (χ3n) is 6.96. The van der Waals surface area contributed by atoms with E-state index in [9.17, 15) is 14.7 Å². The fraction of sp³-hybridized carbons (Fsp3) is 0.448. The first-order valence-electron chi connectivity index (χ1n) is 12.9. The number of rotatable bonds is 10. The van der Waals surface area contributed by atoms with E-state index in [4.69, 9.17) is 9.47 Å². The maximum Gasteiger partial charge on any atom is 0.295 e. The zero-order valence-electron chi connectivity index (χ0n) is 21.6. The smallest absolute Gasteiger partial charge is 0.295 e. The third kappa shape index (κ3) is 5.12. The summed E-state index contributed by atoms with van der Waals surface area (Å²) in [6, 6.07) is 12.2. The number of aliphatic hydroxyl groups excluding tert-OH is 1. The van der Waals surface area contributed by atoms with Gasteiger partial charge in [0, 0.05) is 18.5 Å². The number of carbonyl (C=O) groups is 2. The van der Waals surface area contributed by atoms with E-state index in [0.29, 0.717) is 24.5 Å². The molecule has 2 aromatic carbocycles. The summed E-state index contributed by atoms with van der Waals surface area (Å²) in [7, 11) is 0. The normalized spacial score (nSPS) is 20.6. The second-order valence-electron chi connectivity index (χ2n) is 9.33. The third-order valence-corrected chi connectivity index (χ3v) is 6.96. The van der Waals surface area contributed by atoms with Gasteiger partial charge in [-0.25, -0.2) is 0 Å². The van der Waals surface area contributed by atoms with Crippen molar-refractivity contribution in [3.8, 4) is 11.5 Å². The Bertz CT molecular complexity index is 1150. The molecule has 0 saturated carbocycles. The predicted molar refractivity (Wildman–Crippen MR) is 139 cm³/mol. The fourth-order valence-corrected chi connectivity index (χ4v) is 5.13. The molecule has 7 heteroatoms. The Labute approximate surface area is 213 Å². The lowest BCUT2D eigenvalue weighted by Gasteiger charge is -2.27. The van der Waals surface area contributed by atoms with Gasteiger partial charge in [-0.05, 0) is 81.4 Å². The van der Waals surface area contributed by atoms with Crippen molar-refractivity contribution in [2.45, 2.75) is 52.7 Å². The number of benzene rings is 2. The van der Waals surface area contributed by atoms with Crippen LogP contribution in [0.15, 0.2) is 48.0 Å². The van der Waals surface area contributed by atoms with Gasteiger partial charge in [0.05, 0.1) is 18.2 Å². The van der Waals surface area contributed by atoms with E-state index in [2.05, 4.69) is 18.7 Å². The van der Waals surface area contributed by atoms with Crippen LogP contribution in [0.4, 0.5) is 0 Å². The van der Waals surface area contributed by atoms with Gasteiger partial charge in [-0.1, -0.05) is 26.0 Å². The Morgan fingerprint density at radius 1 is 1.14 bits per heavy atom. The van der Waals surface area contributed by atoms with Crippen molar-refractivity contribution in [2.24, 2.45) is 0 Å². The lowest BCUT2D eigenvalue weighted by Crippen LogP contribution is -2.33. The van der Waals surface area contributed by atoms with Gasteiger partial charge in [-0.15, -0.1) is 0 Å². The van der Waals surface area contributed by atoms with Gasteiger partial charge < -0.3 is 24.4 Å². The quantitative estimate of drug-likeness (QED) is 0.298. The number of amides is 1. The number of carbonyl (C=O) groups excluding carboxylic acids is 2. The first-order valence-corrected chi connectivity index (χ1v) is 12.9. The fourth-order valence-electron chi connectivity index (χ4n) is 5.13. The molecule has 2 atom stereocenters. The molecule has 0 spiro atoms. The molecule has 0 bridgehead atoms. The molecule has 0 aliphatic carbocycles. The zero-order valence-corrected chi connectivity index (χ0v) is 21.6. The highest BCUT2D eigenvalue weighted by Gasteiger charge is 2.46. The van der Waals surface area contributed by atoms with Crippen LogP contribution in [0.2, 0.25) is 0 Å². The van der Waals surface area contributed by atoms with Crippen LogP contribution in [0.25, 0.3) is 5.76 Å². The Morgan fingerprint density at radius 2 is 1.92 bits per heavy atom. The summed E-state index contributed by atoms with van der Waals surface area (Å²) in [5.41, 5.74) is 2.35. The highest BCUT2D eigenvalue weighted by Crippen LogP contribution is 2.41. The van der Waals surface area contributed by atoms with Crippen LogP contribution in [0.3, 0.4) is 0 Å². The lowest BCUT2D eigenvalue weighted by molar-refractivity contribution is -0.140. The Morgan fingerprint density at radius 3 is 2.64 bits per heavy atom. The molecule has 1 amide bonds. The van der Waals surface area contributed by atoms with E-state index in [0.717, 1.165) is 49.4 Å². The molecule has 2 aliphatic heterocycles. The summed E-state index contributed by atoms with van der Waals surface area (Å²) in [4.78, 5) is 30.5. The van der Waals surface area contributed by atoms with E-state index < -0.39 is 17.7 Å². The predicted octanol–water partition coefficient (Wildman–Crippen LogP) is 4.56. The summed E-state index contributed by atoms with van der Waals surface area (Å²) in [5, 5.41) is 11.4. The van der Waals surface area contributed by atoms with Crippen molar-refractivity contribution in [1.82, 2.24) is 9.80 Å². The minimum Gasteiger partial charge on any atom is -0.507 e. The standard InChI is InChI=1S/C29H36N2O5/c1-5-30(6-2)14-9-15-31-26(20-10-8-11-23(18-20)35-7-3)25(28(33)29(31)34)27(32)21-12-13-24-22(17-21)16-19(4)36-24/h8,10-13,17-19,26,32H,5-7,9,14-16H2,1-4H3/t19-,26-/m0/s1. The second-order valence-corrected chi connectivity index (χ2v) is 9.33. The van der Waals surface area contributed by atoms with Crippen molar-refractivity contribution < 1.29 is 24.2 Å². The zero-order chi connectivity index (χ0) is 25.8. The first-order chi connectivity index (χ1) is 17.4. The average molecular weight is 493 g/mol. The minimum absolute atomic E-state index is 0.0649. The van der Waals surface area contributed by atoms with Crippen LogP contribution in [0, 0.1) is 0 Å². The van der Waals surface area contributed by atoms with Gasteiger partial charge in [0.1, 0.15) is 23.4 Å². The Balaban J connectivity index is 1.75. The number of ether oxygens (including phenoxy) is 2. The van der Waals surface area contributed by atoms with Gasteiger partial charge in [0.15, 0.2) is 0 Å². The van der Waals surface area contributed by atoms with E-state index in [1.807, 2.05) is 50.2 Å². The summed E-state index contributed by atoms with van der Waals surface area (Å²) < 4.78 is 11.5. The van der Waals surface area contributed by atoms with E-state index in [1.54, 1.807) is 11.0 Å². The molecule has 1 N–H and O–H groups in total. The second kappa shape index (κ2) is 11.2. The van der Waals surface area contributed by atoms with E-state index in [1.165, 1.54) is 0 Å². The number of fused-ring (bicyclic) bond motifs is 1. The maximum absolute atomic E-state index is 13.3. The molecule has 1 fully saturated rings. The van der Waals surface area contributed by atoms with Gasteiger partial charge in [0.25, 0.3) is 11.7 Å². The Hall–Kier alpha value is -3.32. The highest BCUT2D eigenvalue weighted by molar-refractivity contribution is 6.46. The molecule has 0 radical (unpaired) electrons. The number of Topliss-reactive ketones (excluding diaryl/α,β-unsaturated/α-hetero) is 1. The van der Waals surface area contributed by atoms with Gasteiger partial charge >= 0.3 is 0 Å². The number of likely N-dealkylation sites (tertiary alicyclic amines) is 1. The number of hydrogen-bond acceptors (Lipinski definition) is 6. The maximum atomic E-state index is 13.3. The van der Waals surface area contributed by atoms with Crippen LogP contribution in [-0.2, 0) is 16.0 Å². The average Bonchev–Trinajstić information content (AvgIpc) is 3.37. The topological polar surface area (TPSA) is 79.3 Å². The van der Waals surface area contributed by atoms with E-state index >= 15 is 0 Å². The molecule has 36 heavy (non-hydrogen) atoms. The van der Waals surface area contributed by atoms with Gasteiger partial charge in [0.2, 0.25) is 0 Å². The number of nitrogens with zero attached hydrogens (tertiary/aromatic N) is 2. The molecule has 4 rings (SSSR count). The molecule has 2 heterocycles.